The van der Waals surface area contributed by atoms with Crippen molar-refractivity contribution >= 4 is 77.0 Å². The maximum Gasteiger partial charge on any atom is 0.277 e. The number of ether oxygens (including phenoxy) is 1. The van der Waals surface area contributed by atoms with Gasteiger partial charge in [-0.25, -0.2) is 5.43 Å². The van der Waals surface area contributed by atoms with E-state index in [1.54, 1.807) is 12.1 Å². The van der Waals surface area contributed by atoms with Crippen molar-refractivity contribution in [3.63, 3.8) is 0 Å². The monoisotopic (exact) mass is 653 g/mol. The largest absolute Gasteiger partial charge is 0.507 e. The zero-order valence-electron chi connectivity index (χ0n) is 17.0. The van der Waals surface area contributed by atoms with Crippen LogP contribution in [0.15, 0.2) is 83.3 Å². The van der Waals surface area contributed by atoms with E-state index in [0.29, 0.717) is 31.6 Å². The minimum Gasteiger partial charge on any atom is -0.507 e. The summed E-state index contributed by atoms with van der Waals surface area (Å²) in [6, 6.07) is 13.6. The highest BCUT2D eigenvalue weighted by molar-refractivity contribution is 9.11. The number of nitro benzene ring substituents is 1. The molecule has 174 valence electrons. The van der Waals surface area contributed by atoms with Gasteiger partial charge in [-0.3, -0.25) is 14.9 Å². The number of non-ortho nitro benzene ring substituents is 1. The number of azo groups is 1. The topological polar surface area (TPSA) is 139 Å². The fourth-order valence-electron chi connectivity index (χ4n) is 2.47. The van der Waals surface area contributed by atoms with E-state index >= 15 is 0 Å². The molecule has 0 saturated carbocycles. The van der Waals surface area contributed by atoms with E-state index in [0.717, 1.165) is 4.47 Å². The number of carbonyl (C=O) groups is 1. The van der Waals surface area contributed by atoms with Gasteiger partial charge >= 0.3 is 0 Å². The number of amides is 1. The molecule has 10 nitrogen and oxygen atoms in total. The molecule has 1 amide bonds. The number of nitrogens with one attached hydrogen (secondary N) is 1. The minimum absolute atomic E-state index is 0.0494. The molecule has 13 heteroatoms. The summed E-state index contributed by atoms with van der Waals surface area (Å²) >= 11 is 10.1. The first-order chi connectivity index (χ1) is 16.2. The molecule has 0 fully saturated rings. The van der Waals surface area contributed by atoms with Gasteiger partial charge in [-0.1, -0.05) is 15.9 Å². The summed E-state index contributed by atoms with van der Waals surface area (Å²) in [7, 11) is 0. The SMILES string of the molecule is O=C(COc1c(Br)cc(Br)cc1Br)N/N=C/c1cc(N=Nc2ccc([N+](=O)[O-])cc2)ccc1O. The van der Waals surface area contributed by atoms with E-state index in [1.165, 1.54) is 48.7 Å². The van der Waals surface area contributed by atoms with Crippen LogP contribution in [0.2, 0.25) is 0 Å². The van der Waals surface area contributed by atoms with Gasteiger partial charge in [-0.15, -0.1) is 0 Å². The molecule has 0 bridgehead atoms. The first-order valence-corrected chi connectivity index (χ1v) is 11.7. The van der Waals surface area contributed by atoms with E-state index in [4.69, 9.17) is 4.74 Å². The molecule has 0 heterocycles. The van der Waals surface area contributed by atoms with Gasteiger partial charge in [0.15, 0.2) is 6.61 Å². The third-order valence-electron chi connectivity index (χ3n) is 4.06. The molecule has 3 aromatic carbocycles. The summed E-state index contributed by atoms with van der Waals surface area (Å²) in [6.45, 7) is -0.286. The number of nitro groups is 1. The van der Waals surface area contributed by atoms with Crippen LogP contribution in [0.4, 0.5) is 17.1 Å². The lowest BCUT2D eigenvalue weighted by Crippen LogP contribution is -2.24. The van der Waals surface area contributed by atoms with Gasteiger partial charge in [-0.05, 0) is 74.3 Å². The number of halogens is 3. The quantitative estimate of drug-likeness (QED) is 0.123. The molecule has 0 aliphatic rings. The van der Waals surface area contributed by atoms with Crippen molar-refractivity contribution in [2.75, 3.05) is 6.61 Å². The van der Waals surface area contributed by atoms with Crippen LogP contribution in [0.5, 0.6) is 11.5 Å². The molecule has 0 aromatic heterocycles. The van der Waals surface area contributed by atoms with E-state index in [1.807, 2.05) is 0 Å². The molecule has 3 rings (SSSR count). The third kappa shape index (κ3) is 7.17. The molecule has 0 radical (unpaired) electrons. The van der Waals surface area contributed by atoms with Crippen LogP contribution in [-0.4, -0.2) is 28.8 Å². The van der Waals surface area contributed by atoms with Gasteiger partial charge in [0, 0.05) is 22.2 Å². The molecule has 0 aliphatic carbocycles. The van der Waals surface area contributed by atoms with Crippen molar-refractivity contribution in [1.82, 2.24) is 5.43 Å². The number of phenolic OH excluding ortho intramolecular Hbond substituents is 1. The fraction of sp³-hybridized carbons (Fsp3) is 0.0476. The second-order valence-corrected chi connectivity index (χ2v) is 9.12. The lowest BCUT2D eigenvalue weighted by molar-refractivity contribution is -0.384. The summed E-state index contributed by atoms with van der Waals surface area (Å²) in [5, 5.41) is 32.6. The fourth-order valence-corrected chi connectivity index (χ4v) is 4.96. The summed E-state index contributed by atoms with van der Waals surface area (Å²) in [5.74, 6) is -0.121. The highest BCUT2D eigenvalue weighted by Gasteiger charge is 2.10. The van der Waals surface area contributed by atoms with Gasteiger partial charge in [0.2, 0.25) is 0 Å². The van der Waals surface area contributed by atoms with Gasteiger partial charge in [0.05, 0.1) is 31.5 Å². The van der Waals surface area contributed by atoms with Crippen LogP contribution in [-0.2, 0) is 4.79 Å². The lowest BCUT2D eigenvalue weighted by Gasteiger charge is -2.10. The zero-order chi connectivity index (χ0) is 24.7. The number of nitrogens with zero attached hydrogens (tertiary/aromatic N) is 4. The van der Waals surface area contributed by atoms with Gasteiger partial charge in [-0.2, -0.15) is 15.3 Å². The summed E-state index contributed by atoms with van der Waals surface area (Å²) < 4.78 is 7.67. The Morgan fingerprint density at radius 1 is 1.03 bits per heavy atom. The Morgan fingerprint density at radius 2 is 1.65 bits per heavy atom. The molecule has 0 atom stereocenters. The van der Waals surface area contributed by atoms with Crippen LogP contribution in [0.25, 0.3) is 0 Å². The normalized spacial score (nSPS) is 11.1. The zero-order valence-corrected chi connectivity index (χ0v) is 21.7. The number of carbonyl (C=O) groups excluding carboxylic acids is 1. The Balaban J connectivity index is 1.60. The van der Waals surface area contributed by atoms with E-state index in [-0.39, 0.29) is 18.0 Å². The van der Waals surface area contributed by atoms with E-state index in [2.05, 4.69) is 68.5 Å². The first kappa shape index (κ1) is 25.5. The molecule has 34 heavy (non-hydrogen) atoms. The molecule has 0 saturated heterocycles. The highest BCUT2D eigenvalue weighted by atomic mass is 79.9. The average Bonchev–Trinajstić information content (AvgIpc) is 2.79. The van der Waals surface area contributed by atoms with Crippen LogP contribution in [0.1, 0.15) is 5.56 Å². The standard InChI is InChI=1S/C21H14Br3N5O5/c22-13-8-17(23)21(18(24)9-13)34-11-20(31)28-25-10-12-7-15(3-6-19(12)30)27-26-14-1-4-16(5-2-14)29(32)33/h1-10,30H,11H2,(H,28,31)/b25-10+,27-26?. The summed E-state index contributed by atoms with van der Waals surface area (Å²) in [5.41, 5.74) is 3.38. The third-order valence-corrected chi connectivity index (χ3v) is 5.69. The molecular formula is C21H14Br3N5O5. The van der Waals surface area contributed by atoms with Crippen LogP contribution in [0, 0.1) is 10.1 Å². The number of aromatic hydroxyl groups is 1. The van der Waals surface area contributed by atoms with Crippen LogP contribution < -0.4 is 10.2 Å². The minimum atomic E-state index is -0.508. The Hall–Kier alpha value is -3.16. The van der Waals surface area contributed by atoms with E-state index < -0.39 is 10.8 Å². The van der Waals surface area contributed by atoms with Crippen LogP contribution in [0.3, 0.4) is 0 Å². The van der Waals surface area contributed by atoms with Crippen LogP contribution >= 0.6 is 47.8 Å². The van der Waals surface area contributed by atoms with Gasteiger partial charge in [0.1, 0.15) is 11.5 Å². The van der Waals surface area contributed by atoms with Gasteiger partial charge in [0.25, 0.3) is 11.6 Å². The lowest BCUT2D eigenvalue weighted by atomic mass is 10.2. The molecular weight excluding hydrogens is 642 g/mol. The second kappa shape index (κ2) is 11.8. The van der Waals surface area contributed by atoms with Crippen molar-refractivity contribution in [2.45, 2.75) is 0 Å². The molecule has 2 N–H and O–H groups in total. The maximum atomic E-state index is 12.0. The number of hydrogen-bond donors (Lipinski definition) is 2. The van der Waals surface area contributed by atoms with Crippen molar-refractivity contribution in [2.24, 2.45) is 15.3 Å². The maximum absolute atomic E-state index is 12.0. The summed E-state index contributed by atoms with van der Waals surface area (Å²) in [6.07, 6.45) is 1.25. The first-order valence-electron chi connectivity index (χ1n) is 9.31. The summed E-state index contributed by atoms with van der Waals surface area (Å²) in [4.78, 5) is 22.2. The smallest absolute Gasteiger partial charge is 0.277 e. The second-order valence-electron chi connectivity index (χ2n) is 6.50. The molecule has 0 aliphatic heterocycles. The van der Waals surface area contributed by atoms with Crippen molar-refractivity contribution in [3.8, 4) is 11.5 Å². The van der Waals surface area contributed by atoms with Crippen molar-refractivity contribution in [1.29, 1.82) is 0 Å². The molecule has 0 unspecified atom stereocenters. The Labute approximate surface area is 218 Å². The predicted octanol–water partition coefficient (Wildman–Crippen LogP) is 6.53. The highest BCUT2D eigenvalue weighted by Crippen LogP contribution is 2.36. The number of hydrogen-bond acceptors (Lipinski definition) is 8. The number of rotatable bonds is 8. The molecule has 0 spiro atoms. The predicted molar refractivity (Wildman–Crippen MR) is 136 cm³/mol. The number of hydrazone groups is 1. The van der Waals surface area contributed by atoms with E-state index in [9.17, 15) is 20.0 Å². The van der Waals surface area contributed by atoms with Crippen molar-refractivity contribution in [3.05, 3.63) is 83.7 Å². The Morgan fingerprint density at radius 3 is 2.29 bits per heavy atom. The number of benzene rings is 3. The Bertz CT molecular complexity index is 1260. The Kier molecular flexibility index (Phi) is 8.85. The van der Waals surface area contributed by atoms with Gasteiger partial charge < -0.3 is 9.84 Å². The molecule has 3 aromatic rings. The number of phenols is 1. The average molecular weight is 656 g/mol. The van der Waals surface area contributed by atoms with Crippen molar-refractivity contribution < 1.29 is 19.6 Å².